The number of hydrogen-bond donors (Lipinski definition) is 4. The quantitative estimate of drug-likeness (QED) is 0.160. The Hall–Kier alpha value is -2.28. The van der Waals surface area contributed by atoms with E-state index in [0.29, 0.717) is 0 Å². The second-order valence-electron chi connectivity index (χ2n) is 8.36. The summed E-state index contributed by atoms with van der Waals surface area (Å²) < 4.78 is 20.6. The zero-order valence-electron chi connectivity index (χ0n) is 19.5. The van der Waals surface area contributed by atoms with Gasteiger partial charge < -0.3 is 39.4 Å². The van der Waals surface area contributed by atoms with Crippen LogP contribution in [0.25, 0.3) is 0 Å². The summed E-state index contributed by atoms with van der Waals surface area (Å²) in [5.74, 6) is -3.18. The fourth-order valence-electron chi connectivity index (χ4n) is 2.38. The lowest BCUT2D eigenvalue weighted by atomic mass is 9.92. The molecule has 0 aliphatic rings. The summed E-state index contributed by atoms with van der Waals surface area (Å²) in [5.41, 5.74) is -1.52. The fraction of sp³-hybridized carbons (Fsp3) is 0.810. The molecule has 0 aromatic heterocycles. The molecule has 0 heterocycles. The third-order valence-corrected chi connectivity index (χ3v) is 4.01. The summed E-state index contributed by atoms with van der Waals surface area (Å²) in [4.78, 5) is 47.8. The van der Waals surface area contributed by atoms with Crippen LogP contribution in [-0.2, 0) is 38.1 Å². The van der Waals surface area contributed by atoms with Crippen molar-refractivity contribution in [2.45, 2.75) is 77.8 Å². The number of rotatable bonds is 16. The zero-order valence-corrected chi connectivity index (χ0v) is 19.5. The third kappa shape index (κ3) is 16.1. The van der Waals surface area contributed by atoms with E-state index in [1.807, 2.05) is 0 Å². The molecular formula is C21H36O12. The SMILES string of the molecule is CC(O)CC(=O)OCC(COC(=O)CC(C)O)(COC(=O)CC(C)O)COC(=O)CC(C)O. The van der Waals surface area contributed by atoms with Crippen molar-refractivity contribution < 1.29 is 58.6 Å². The predicted molar refractivity (Wildman–Crippen MR) is 111 cm³/mol. The first-order valence-electron chi connectivity index (χ1n) is 10.6. The minimum Gasteiger partial charge on any atom is -0.465 e. The Bertz CT molecular complexity index is 517. The normalized spacial score (nSPS) is 16.5. The zero-order chi connectivity index (χ0) is 25.6. The molecule has 0 amide bonds. The van der Waals surface area contributed by atoms with Crippen LogP contribution in [0.5, 0.6) is 0 Å². The summed E-state index contributed by atoms with van der Waals surface area (Å²) in [7, 11) is 0. The van der Waals surface area contributed by atoms with Gasteiger partial charge in [-0.05, 0) is 27.7 Å². The maximum atomic E-state index is 11.9. The Labute approximate surface area is 192 Å². The van der Waals surface area contributed by atoms with Gasteiger partial charge in [0.1, 0.15) is 31.8 Å². The van der Waals surface area contributed by atoms with Crippen molar-refractivity contribution in [2.75, 3.05) is 26.4 Å². The molecule has 33 heavy (non-hydrogen) atoms. The molecular weight excluding hydrogens is 444 g/mol. The van der Waals surface area contributed by atoms with Gasteiger partial charge in [0.15, 0.2) is 0 Å². The topological polar surface area (TPSA) is 186 Å². The molecule has 0 aliphatic heterocycles. The van der Waals surface area contributed by atoms with Crippen LogP contribution >= 0.6 is 0 Å². The van der Waals surface area contributed by atoms with E-state index in [0.717, 1.165) is 0 Å². The number of aliphatic hydroxyl groups is 4. The molecule has 192 valence electrons. The van der Waals surface area contributed by atoms with Crippen LogP contribution in [-0.4, -0.2) is 95.1 Å². The molecule has 12 heteroatoms. The maximum absolute atomic E-state index is 11.9. The van der Waals surface area contributed by atoms with Gasteiger partial charge in [-0.15, -0.1) is 0 Å². The molecule has 0 radical (unpaired) electrons. The molecule has 4 atom stereocenters. The lowest BCUT2D eigenvalue weighted by Crippen LogP contribution is -2.44. The summed E-state index contributed by atoms with van der Waals surface area (Å²) in [6, 6.07) is 0. The van der Waals surface area contributed by atoms with E-state index < -0.39 is 80.1 Å². The maximum Gasteiger partial charge on any atom is 0.308 e. The average molecular weight is 481 g/mol. The number of hydrogen-bond acceptors (Lipinski definition) is 12. The van der Waals surface area contributed by atoms with Crippen molar-refractivity contribution >= 4 is 23.9 Å². The largest absolute Gasteiger partial charge is 0.465 e. The summed E-state index contributed by atoms with van der Waals surface area (Å²) in [6.45, 7) is 3.47. The van der Waals surface area contributed by atoms with Gasteiger partial charge in [-0.25, -0.2) is 0 Å². The molecule has 4 unspecified atom stereocenters. The molecule has 4 N–H and O–H groups in total. The lowest BCUT2D eigenvalue weighted by Gasteiger charge is -2.32. The van der Waals surface area contributed by atoms with Gasteiger partial charge in [0.05, 0.1) is 50.1 Å². The molecule has 0 saturated heterocycles. The molecule has 0 aromatic carbocycles. The van der Waals surface area contributed by atoms with Crippen LogP contribution in [0.2, 0.25) is 0 Å². The molecule has 0 spiro atoms. The minimum absolute atomic E-state index is 0.332. The van der Waals surface area contributed by atoms with Crippen LogP contribution < -0.4 is 0 Å². The number of carbonyl (C=O) groups is 4. The fourth-order valence-corrected chi connectivity index (χ4v) is 2.38. The van der Waals surface area contributed by atoms with E-state index in [-0.39, 0.29) is 25.7 Å². The molecule has 0 aliphatic carbocycles. The van der Waals surface area contributed by atoms with E-state index >= 15 is 0 Å². The highest BCUT2D eigenvalue weighted by Crippen LogP contribution is 2.23. The molecule has 0 rings (SSSR count). The molecule has 0 bridgehead atoms. The standard InChI is InChI=1S/C21H36O12/c1-13(22)5-17(26)30-9-21(10-31-18(27)6-14(2)23,11-32-19(28)7-15(3)24)12-33-20(29)8-16(4)25/h13-16,22-25H,5-12H2,1-4H3. The number of aliphatic hydroxyl groups excluding tert-OH is 4. The summed E-state index contributed by atoms with van der Waals surface area (Å²) in [6.07, 6.45) is -5.26. The van der Waals surface area contributed by atoms with Crippen LogP contribution in [0.1, 0.15) is 53.4 Å². The molecule has 12 nitrogen and oxygen atoms in total. The smallest absolute Gasteiger partial charge is 0.308 e. The summed E-state index contributed by atoms with van der Waals surface area (Å²) in [5, 5.41) is 37.4. The van der Waals surface area contributed by atoms with E-state index in [4.69, 9.17) is 18.9 Å². The van der Waals surface area contributed by atoms with Crippen molar-refractivity contribution in [1.29, 1.82) is 0 Å². The Morgan fingerprint density at radius 1 is 0.515 bits per heavy atom. The van der Waals surface area contributed by atoms with Gasteiger partial charge >= 0.3 is 23.9 Å². The second kappa shape index (κ2) is 15.5. The Morgan fingerprint density at radius 2 is 0.697 bits per heavy atom. The van der Waals surface area contributed by atoms with Crippen LogP contribution in [0, 0.1) is 5.41 Å². The van der Waals surface area contributed by atoms with Crippen molar-refractivity contribution in [3.05, 3.63) is 0 Å². The highest BCUT2D eigenvalue weighted by Gasteiger charge is 2.38. The molecule has 0 aromatic rings. The van der Waals surface area contributed by atoms with E-state index in [2.05, 4.69) is 0 Å². The first-order chi connectivity index (χ1) is 15.2. The third-order valence-electron chi connectivity index (χ3n) is 4.01. The average Bonchev–Trinajstić information content (AvgIpc) is 2.64. The van der Waals surface area contributed by atoms with Crippen molar-refractivity contribution in [3.63, 3.8) is 0 Å². The Balaban J connectivity index is 5.59. The summed E-state index contributed by atoms with van der Waals surface area (Å²) >= 11 is 0. The van der Waals surface area contributed by atoms with Crippen LogP contribution in [0.15, 0.2) is 0 Å². The van der Waals surface area contributed by atoms with Gasteiger partial charge in [0.25, 0.3) is 0 Å². The van der Waals surface area contributed by atoms with Gasteiger partial charge in [-0.1, -0.05) is 0 Å². The Morgan fingerprint density at radius 3 is 0.848 bits per heavy atom. The lowest BCUT2D eigenvalue weighted by molar-refractivity contribution is -0.172. The highest BCUT2D eigenvalue weighted by molar-refractivity contribution is 5.71. The van der Waals surface area contributed by atoms with Crippen LogP contribution in [0.4, 0.5) is 0 Å². The van der Waals surface area contributed by atoms with Crippen molar-refractivity contribution in [2.24, 2.45) is 5.41 Å². The van der Waals surface area contributed by atoms with Crippen molar-refractivity contribution in [3.8, 4) is 0 Å². The van der Waals surface area contributed by atoms with Gasteiger partial charge in [-0.2, -0.15) is 0 Å². The minimum atomic E-state index is -1.52. The van der Waals surface area contributed by atoms with Crippen LogP contribution in [0.3, 0.4) is 0 Å². The predicted octanol–water partition coefficient (Wildman–Crippen LogP) is -0.771. The first kappa shape index (κ1) is 30.7. The number of carbonyl (C=O) groups excluding carboxylic acids is 4. The monoisotopic (exact) mass is 480 g/mol. The number of esters is 4. The van der Waals surface area contributed by atoms with E-state index in [1.165, 1.54) is 27.7 Å². The van der Waals surface area contributed by atoms with E-state index in [9.17, 15) is 39.6 Å². The molecule has 0 saturated carbocycles. The Kier molecular flexibility index (Phi) is 14.5. The van der Waals surface area contributed by atoms with Gasteiger partial charge in [0, 0.05) is 0 Å². The van der Waals surface area contributed by atoms with Crippen molar-refractivity contribution in [1.82, 2.24) is 0 Å². The van der Waals surface area contributed by atoms with Gasteiger partial charge in [-0.3, -0.25) is 19.2 Å². The highest BCUT2D eigenvalue weighted by atomic mass is 16.6. The van der Waals surface area contributed by atoms with E-state index in [1.54, 1.807) is 0 Å². The van der Waals surface area contributed by atoms with Gasteiger partial charge in [0.2, 0.25) is 0 Å². The number of ether oxygens (including phenoxy) is 4. The molecule has 0 fully saturated rings. The first-order valence-corrected chi connectivity index (χ1v) is 10.6. The second-order valence-corrected chi connectivity index (χ2v) is 8.36.